The topological polar surface area (TPSA) is 16.1 Å². The molecule has 0 N–H and O–H groups in total. The van der Waals surface area contributed by atoms with Crippen LogP contribution in [0.2, 0.25) is 0 Å². The fourth-order valence-electron chi connectivity index (χ4n) is 6.85. The second-order valence-electron chi connectivity index (χ2n) is 12.0. The number of anilines is 3. The largest absolute Gasteiger partial charge is 0.309 e. The highest BCUT2D eigenvalue weighted by Gasteiger charge is 2.20. The van der Waals surface area contributed by atoms with E-state index in [9.17, 15) is 0 Å². The lowest BCUT2D eigenvalue weighted by atomic mass is 10.0. The number of aromatic nitrogens is 1. The summed E-state index contributed by atoms with van der Waals surface area (Å²) in [5.41, 5.74) is 8.11. The highest BCUT2D eigenvalue weighted by atomic mass is 32.1. The zero-order valence-electron chi connectivity index (χ0n) is 25.6. The first-order valence-corrected chi connectivity index (χ1v) is 18.4. The van der Waals surface area contributed by atoms with Gasteiger partial charge in [0.2, 0.25) is 0 Å². The summed E-state index contributed by atoms with van der Waals surface area (Å²) in [4.78, 5) is 7.52. The quantitative estimate of drug-likeness (QED) is 0.182. The minimum atomic E-state index is 1.06. The van der Waals surface area contributed by atoms with Crippen molar-refractivity contribution in [2.24, 2.45) is 0 Å². The van der Waals surface area contributed by atoms with E-state index in [1.807, 2.05) is 22.7 Å². The fraction of sp³-hybridized carbons (Fsp3) is 0. The van der Waals surface area contributed by atoms with E-state index in [2.05, 4.69) is 163 Å². The Bertz CT molecular complexity index is 2770. The molecule has 3 heterocycles. The van der Waals surface area contributed by atoms with Gasteiger partial charge in [0.15, 0.2) is 0 Å². The standard InChI is InChI=1S/C43H26N2S3/c1-3-10-27(11-4-1)28-18-20-30(21-19-28)45(36-16-9-15-33-32-14-7-8-17-37(32)47-41(33)36)31-22-24-38-34(26-31)40-39(46-38)25-23-35-42(40)48-43(44-35)29-12-5-2-6-13-29/h1-26H. The van der Waals surface area contributed by atoms with Crippen LogP contribution < -0.4 is 4.90 Å². The Labute approximate surface area is 289 Å². The summed E-state index contributed by atoms with van der Waals surface area (Å²) in [6.07, 6.45) is 0. The molecule has 5 heteroatoms. The summed E-state index contributed by atoms with van der Waals surface area (Å²) < 4.78 is 6.43. The molecule has 3 aromatic heterocycles. The molecule has 7 aromatic carbocycles. The molecule has 0 aliphatic rings. The SMILES string of the molecule is c1ccc(-c2ccc(N(c3ccc4sc5ccc6nc(-c7ccccc7)sc6c5c4c3)c3cccc4c3sc3ccccc34)cc2)cc1. The molecule has 0 atom stereocenters. The molecule has 0 spiro atoms. The van der Waals surface area contributed by atoms with Crippen LogP contribution in [0.25, 0.3) is 72.3 Å². The van der Waals surface area contributed by atoms with Gasteiger partial charge in [0.1, 0.15) is 5.01 Å². The van der Waals surface area contributed by atoms with Gasteiger partial charge in [-0.1, -0.05) is 103 Å². The monoisotopic (exact) mass is 666 g/mol. The van der Waals surface area contributed by atoms with Crippen molar-refractivity contribution in [3.8, 4) is 21.7 Å². The molecule has 0 amide bonds. The van der Waals surface area contributed by atoms with Crippen molar-refractivity contribution in [3.05, 3.63) is 158 Å². The molecule has 0 aliphatic carbocycles. The van der Waals surface area contributed by atoms with Crippen LogP contribution in [-0.2, 0) is 0 Å². The zero-order chi connectivity index (χ0) is 31.6. The van der Waals surface area contributed by atoms with E-state index in [4.69, 9.17) is 4.98 Å². The van der Waals surface area contributed by atoms with Crippen molar-refractivity contribution in [2.45, 2.75) is 0 Å². The number of hydrogen-bond acceptors (Lipinski definition) is 5. The van der Waals surface area contributed by atoms with Crippen molar-refractivity contribution in [2.75, 3.05) is 4.90 Å². The number of nitrogens with zero attached hydrogens (tertiary/aromatic N) is 2. The van der Waals surface area contributed by atoms with Crippen LogP contribution in [0.15, 0.2) is 158 Å². The van der Waals surface area contributed by atoms with Crippen LogP contribution >= 0.6 is 34.0 Å². The van der Waals surface area contributed by atoms with Crippen LogP contribution in [0.4, 0.5) is 17.1 Å². The van der Waals surface area contributed by atoms with Crippen molar-refractivity contribution < 1.29 is 0 Å². The van der Waals surface area contributed by atoms with Crippen molar-refractivity contribution in [1.29, 1.82) is 0 Å². The average Bonchev–Trinajstić information content (AvgIpc) is 3.86. The molecular formula is C43H26N2S3. The smallest absolute Gasteiger partial charge is 0.124 e. The Morgan fingerprint density at radius 3 is 1.92 bits per heavy atom. The number of hydrogen-bond donors (Lipinski definition) is 0. The third kappa shape index (κ3) is 4.47. The molecule has 226 valence electrons. The van der Waals surface area contributed by atoms with Gasteiger partial charge in [-0.2, -0.15) is 0 Å². The summed E-state index contributed by atoms with van der Waals surface area (Å²) in [7, 11) is 0. The molecule has 0 unspecified atom stereocenters. The van der Waals surface area contributed by atoms with Crippen LogP contribution in [0.5, 0.6) is 0 Å². The lowest BCUT2D eigenvalue weighted by molar-refractivity contribution is 1.31. The molecule has 0 fully saturated rings. The third-order valence-electron chi connectivity index (χ3n) is 9.11. The normalized spacial score (nSPS) is 11.8. The summed E-state index contributed by atoms with van der Waals surface area (Å²) in [6.45, 7) is 0. The number of thiazole rings is 1. The Morgan fingerprint density at radius 1 is 0.417 bits per heavy atom. The fourth-order valence-corrected chi connectivity index (χ4v) is 10.3. The number of rotatable bonds is 5. The van der Waals surface area contributed by atoms with Gasteiger partial charge in [-0.05, 0) is 65.7 Å². The van der Waals surface area contributed by atoms with E-state index >= 15 is 0 Å². The maximum atomic E-state index is 5.07. The van der Waals surface area contributed by atoms with Crippen LogP contribution in [0.3, 0.4) is 0 Å². The minimum absolute atomic E-state index is 1.06. The minimum Gasteiger partial charge on any atom is -0.309 e. The maximum absolute atomic E-state index is 5.07. The van der Waals surface area contributed by atoms with E-state index in [1.54, 1.807) is 11.3 Å². The van der Waals surface area contributed by atoms with Gasteiger partial charge in [0, 0.05) is 52.6 Å². The van der Waals surface area contributed by atoms with E-state index < -0.39 is 0 Å². The number of thiophene rings is 2. The van der Waals surface area contributed by atoms with Gasteiger partial charge < -0.3 is 4.90 Å². The van der Waals surface area contributed by atoms with Gasteiger partial charge in [0.05, 0.1) is 20.6 Å². The molecule has 2 nitrogen and oxygen atoms in total. The molecule has 10 aromatic rings. The third-order valence-corrected chi connectivity index (χ3v) is 12.6. The van der Waals surface area contributed by atoms with Gasteiger partial charge in [-0.3, -0.25) is 0 Å². The molecule has 0 bridgehead atoms. The molecular weight excluding hydrogens is 641 g/mol. The van der Waals surface area contributed by atoms with E-state index in [0.717, 1.165) is 27.5 Å². The second kappa shape index (κ2) is 11.1. The number of benzene rings is 7. The predicted octanol–water partition coefficient (Wildman–Crippen LogP) is 13.8. The van der Waals surface area contributed by atoms with Crippen LogP contribution in [0.1, 0.15) is 0 Å². The first kappa shape index (κ1) is 27.8. The molecule has 10 rings (SSSR count). The summed E-state index contributed by atoms with van der Waals surface area (Å²) in [6, 6.07) is 57.0. The second-order valence-corrected chi connectivity index (χ2v) is 15.1. The van der Waals surface area contributed by atoms with Gasteiger partial charge in [-0.25, -0.2) is 4.98 Å². The molecule has 0 saturated heterocycles. The van der Waals surface area contributed by atoms with Crippen LogP contribution in [0, 0.1) is 0 Å². The Hall–Kier alpha value is -5.33. The van der Waals surface area contributed by atoms with E-state index in [-0.39, 0.29) is 0 Å². The molecule has 0 saturated carbocycles. The van der Waals surface area contributed by atoms with Gasteiger partial charge >= 0.3 is 0 Å². The molecule has 0 radical (unpaired) electrons. The van der Waals surface area contributed by atoms with E-state index in [1.165, 1.54) is 61.9 Å². The van der Waals surface area contributed by atoms with Crippen LogP contribution in [-0.4, -0.2) is 4.98 Å². The summed E-state index contributed by atoms with van der Waals surface area (Å²) in [5.74, 6) is 0. The predicted molar refractivity (Wildman–Crippen MR) is 211 cm³/mol. The average molecular weight is 667 g/mol. The highest BCUT2D eigenvalue weighted by Crippen LogP contribution is 2.48. The van der Waals surface area contributed by atoms with Crippen molar-refractivity contribution in [3.63, 3.8) is 0 Å². The van der Waals surface area contributed by atoms with Gasteiger partial charge in [-0.15, -0.1) is 34.0 Å². The summed E-state index contributed by atoms with van der Waals surface area (Å²) in [5, 5.41) is 6.23. The Kier molecular flexibility index (Phi) is 6.44. The van der Waals surface area contributed by atoms with E-state index in [0.29, 0.717) is 0 Å². The first-order valence-electron chi connectivity index (χ1n) is 16.0. The molecule has 0 aliphatic heterocycles. The van der Waals surface area contributed by atoms with Gasteiger partial charge in [0.25, 0.3) is 0 Å². The maximum Gasteiger partial charge on any atom is 0.124 e. The van der Waals surface area contributed by atoms with Crippen molar-refractivity contribution in [1.82, 2.24) is 4.98 Å². The summed E-state index contributed by atoms with van der Waals surface area (Å²) >= 11 is 5.53. The Morgan fingerprint density at radius 2 is 1.08 bits per heavy atom. The lowest BCUT2D eigenvalue weighted by Crippen LogP contribution is -2.10. The Balaban J connectivity index is 1.20. The first-order chi connectivity index (χ1) is 23.8. The molecule has 48 heavy (non-hydrogen) atoms. The van der Waals surface area contributed by atoms with Crippen molar-refractivity contribution >= 4 is 102 Å². The number of fused-ring (bicyclic) bond motifs is 8. The highest BCUT2D eigenvalue weighted by molar-refractivity contribution is 7.28. The lowest BCUT2D eigenvalue weighted by Gasteiger charge is -2.26. The zero-order valence-corrected chi connectivity index (χ0v) is 28.1.